The molecule has 0 spiro atoms. The van der Waals surface area contributed by atoms with E-state index in [0.29, 0.717) is 6.54 Å². The molecule has 0 atom stereocenters. The van der Waals surface area contributed by atoms with Crippen molar-refractivity contribution < 1.29 is 9.84 Å². The Bertz CT molecular complexity index is 263. The van der Waals surface area contributed by atoms with Gasteiger partial charge in [-0.15, -0.1) is 0 Å². The topological polar surface area (TPSA) is 41.5 Å². The highest BCUT2D eigenvalue weighted by Gasteiger charge is 1.95. The second kappa shape index (κ2) is 6.40. The Morgan fingerprint density at radius 3 is 2.93 bits per heavy atom. The fourth-order valence-corrected chi connectivity index (χ4v) is 1.26. The molecule has 0 aliphatic carbocycles. The monoisotopic (exact) mass is 195 g/mol. The first kappa shape index (κ1) is 11.0. The molecule has 0 aliphatic rings. The van der Waals surface area contributed by atoms with E-state index in [-0.39, 0.29) is 6.61 Å². The number of aliphatic hydroxyl groups excluding tert-OH is 1. The van der Waals surface area contributed by atoms with Crippen molar-refractivity contribution in [1.29, 1.82) is 0 Å². The van der Waals surface area contributed by atoms with Crippen LogP contribution in [0.3, 0.4) is 0 Å². The van der Waals surface area contributed by atoms with Crippen LogP contribution in [0.2, 0.25) is 0 Å². The van der Waals surface area contributed by atoms with Crippen LogP contribution >= 0.6 is 0 Å². The van der Waals surface area contributed by atoms with E-state index in [1.54, 1.807) is 7.11 Å². The molecule has 0 unspecified atom stereocenters. The summed E-state index contributed by atoms with van der Waals surface area (Å²) in [7, 11) is 1.67. The summed E-state index contributed by atoms with van der Waals surface area (Å²) < 4.78 is 5.12. The van der Waals surface area contributed by atoms with Crippen LogP contribution in [-0.2, 0) is 6.42 Å². The third-order valence-electron chi connectivity index (χ3n) is 2.01. The Morgan fingerprint density at radius 2 is 2.21 bits per heavy atom. The van der Waals surface area contributed by atoms with Gasteiger partial charge in [-0.1, -0.05) is 12.1 Å². The van der Waals surface area contributed by atoms with Gasteiger partial charge in [0, 0.05) is 6.54 Å². The quantitative estimate of drug-likeness (QED) is 0.660. The van der Waals surface area contributed by atoms with E-state index in [9.17, 15) is 0 Å². The highest BCUT2D eigenvalue weighted by Crippen LogP contribution is 2.12. The molecule has 0 radical (unpaired) electrons. The van der Waals surface area contributed by atoms with Crippen LogP contribution in [0.15, 0.2) is 24.3 Å². The maximum atomic E-state index is 8.56. The van der Waals surface area contributed by atoms with Gasteiger partial charge in [0.25, 0.3) is 0 Å². The summed E-state index contributed by atoms with van der Waals surface area (Å²) in [5.41, 5.74) is 1.25. The van der Waals surface area contributed by atoms with Gasteiger partial charge in [0.1, 0.15) is 5.75 Å². The fraction of sp³-hybridized carbons (Fsp3) is 0.455. The molecule has 14 heavy (non-hydrogen) atoms. The molecule has 3 heteroatoms. The average Bonchev–Trinajstić information content (AvgIpc) is 2.25. The lowest BCUT2D eigenvalue weighted by Gasteiger charge is -2.05. The Hall–Kier alpha value is -1.06. The molecular formula is C11H17NO2. The molecule has 0 heterocycles. The third kappa shape index (κ3) is 3.77. The van der Waals surface area contributed by atoms with Crippen molar-refractivity contribution in [1.82, 2.24) is 5.32 Å². The highest BCUT2D eigenvalue weighted by atomic mass is 16.5. The van der Waals surface area contributed by atoms with Gasteiger partial charge in [0.05, 0.1) is 13.7 Å². The first-order valence-electron chi connectivity index (χ1n) is 4.81. The van der Waals surface area contributed by atoms with E-state index < -0.39 is 0 Å². The fourth-order valence-electron chi connectivity index (χ4n) is 1.26. The van der Waals surface area contributed by atoms with Crippen molar-refractivity contribution in [3.8, 4) is 5.75 Å². The van der Waals surface area contributed by atoms with Crippen molar-refractivity contribution in [2.24, 2.45) is 0 Å². The normalized spacial score (nSPS) is 10.1. The highest BCUT2D eigenvalue weighted by molar-refractivity contribution is 5.28. The van der Waals surface area contributed by atoms with Crippen molar-refractivity contribution in [2.75, 3.05) is 26.8 Å². The summed E-state index contributed by atoms with van der Waals surface area (Å²) in [4.78, 5) is 0. The minimum absolute atomic E-state index is 0.193. The molecule has 1 aromatic carbocycles. The van der Waals surface area contributed by atoms with E-state index in [0.717, 1.165) is 18.7 Å². The second-order valence-electron chi connectivity index (χ2n) is 3.08. The van der Waals surface area contributed by atoms with Gasteiger partial charge in [0.2, 0.25) is 0 Å². The minimum atomic E-state index is 0.193. The molecule has 0 amide bonds. The first-order chi connectivity index (χ1) is 6.86. The van der Waals surface area contributed by atoms with Crippen molar-refractivity contribution in [3.05, 3.63) is 29.8 Å². The molecule has 2 N–H and O–H groups in total. The van der Waals surface area contributed by atoms with Gasteiger partial charge in [-0.3, -0.25) is 0 Å². The number of methoxy groups -OCH3 is 1. The van der Waals surface area contributed by atoms with Gasteiger partial charge in [-0.05, 0) is 30.7 Å². The number of rotatable bonds is 6. The third-order valence-corrected chi connectivity index (χ3v) is 2.01. The largest absolute Gasteiger partial charge is 0.497 e. The van der Waals surface area contributed by atoms with Crippen LogP contribution in [-0.4, -0.2) is 31.9 Å². The predicted octanol–water partition coefficient (Wildman–Crippen LogP) is 0.820. The molecule has 0 aliphatic heterocycles. The molecule has 1 rings (SSSR count). The van der Waals surface area contributed by atoms with Gasteiger partial charge in [-0.25, -0.2) is 0 Å². The van der Waals surface area contributed by atoms with Crippen LogP contribution in [0.25, 0.3) is 0 Å². The Labute approximate surface area is 84.7 Å². The molecular weight excluding hydrogens is 178 g/mol. The standard InChI is InChI=1S/C11H17NO2/c1-14-11-4-2-3-10(9-11)5-6-12-7-8-13/h2-4,9,12-13H,5-8H2,1H3. The van der Waals surface area contributed by atoms with E-state index in [2.05, 4.69) is 11.4 Å². The Morgan fingerprint density at radius 1 is 1.36 bits per heavy atom. The van der Waals surface area contributed by atoms with Gasteiger partial charge < -0.3 is 15.2 Å². The molecule has 3 nitrogen and oxygen atoms in total. The summed E-state index contributed by atoms with van der Waals surface area (Å²) in [5, 5.41) is 11.7. The van der Waals surface area contributed by atoms with Gasteiger partial charge in [-0.2, -0.15) is 0 Å². The van der Waals surface area contributed by atoms with Crippen LogP contribution in [0.5, 0.6) is 5.75 Å². The summed E-state index contributed by atoms with van der Waals surface area (Å²) >= 11 is 0. The number of ether oxygens (including phenoxy) is 1. The molecule has 78 valence electrons. The first-order valence-corrected chi connectivity index (χ1v) is 4.81. The van der Waals surface area contributed by atoms with Crippen molar-refractivity contribution >= 4 is 0 Å². The zero-order valence-electron chi connectivity index (χ0n) is 8.49. The van der Waals surface area contributed by atoms with Crippen LogP contribution in [0.1, 0.15) is 5.56 Å². The Balaban J connectivity index is 2.34. The maximum absolute atomic E-state index is 8.56. The number of nitrogens with one attached hydrogen (secondary N) is 1. The molecule has 0 fully saturated rings. The summed E-state index contributed by atoms with van der Waals surface area (Å²) in [5.74, 6) is 0.893. The van der Waals surface area contributed by atoms with E-state index in [1.807, 2.05) is 18.2 Å². The molecule has 0 saturated heterocycles. The van der Waals surface area contributed by atoms with Crippen LogP contribution < -0.4 is 10.1 Å². The van der Waals surface area contributed by atoms with E-state index in [4.69, 9.17) is 9.84 Å². The van der Waals surface area contributed by atoms with Crippen molar-refractivity contribution in [3.63, 3.8) is 0 Å². The van der Waals surface area contributed by atoms with E-state index >= 15 is 0 Å². The maximum Gasteiger partial charge on any atom is 0.119 e. The Kier molecular flexibility index (Phi) is 5.04. The second-order valence-corrected chi connectivity index (χ2v) is 3.08. The number of hydrogen-bond acceptors (Lipinski definition) is 3. The number of aliphatic hydroxyl groups is 1. The predicted molar refractivity (Wildman–Crippen MR) is 56.7 cm³/mol. The van der Waals surface area contributed by atoms with Gasteiger partial charge >= 0.3 is 0 Å². The summed E-state index contributed by atoms with van der Waals surface area (Å²) in [6, 6.07) is 8.02. The average molecular weight is 195 g/mol. The SMILES string of the molecule is COc1cccc(CCNCCO)c1. The smallest absolute Gasteiger partial charge is 0.119 e. The molecule has 0 aromatic heterocycles. The van der Waals surface area contributed by atoms with Crippen LogP contribution in [0.4, 0.5) is 0 Å². The molecule has 0 bridgehead atoms. The summed E-state index contributed by atoms with van der Waals surface area (Å²) in [6.07, 6.45) is 0.956. The van der Waals surface area contributed by atoms with E-state index in [1.165, 1.54) is 5.56 Å². The number of hydrogen-bond donors (Lipinski definition) is 2. The van der Waals surface area contributed by atoms with Crippen LogP contribution in [0, 0.1) is 0 Å². The lowest BCUT2D eigenvalue weighted by molar-refractivity contribution is 0.293. The van der Waals surface area contributed by atoms with Gasteiger partial charge in [0.15, 0.2) is 0 Å². The molecule has 0 saturated carbocycles. The zero-order valence-corrected chi connectivity index (χ0v) is 8.49. The molecule has 1 aromatic rings. The van der Waals surface area contributed by atoms with Crippen molar-refractivity contribution in [2.45, 2.75) is 6.42 Å². The zero-order chi connectivity index (χ0) is 10.2. The summed E-state index contributed by atoms with van der Waals surface area (Å²) in [6.45, 7) is 1.73. The lowest BCUT2D eigenvalue weighted by Crippen LogP contribution is -2.20. The lowest BCUT2D eigenvalue weighted by atomic mass is 10.1. The minimum Gasteiger partial charge on any atom is -0.497 e. The number of benzene rings is 1.